The average molecular weight is 365 g/mol. The molecule has 0 aliphatic carbocycles. The molecule has 134 valence electrons. The highest BCUT2D eigenvalue weighted by atomic mass is 32.2. The Balaban J connectivity index is 2.22. The molecule has 0 spiro atoms. The lowest BCUT2D eigenvalue weighted by Crippen LogP contribution is -2.15. The maximum absolute atomic E-state index is 11.6. The molecule has 2 aromatic carbocycles. The van der Waals surface area contributed by atoms with Crippen molar-refractivity contribution in [2.75, 3.05) is 24.2 Å². The summed E-state index contributed by atoms with van der Waals surface area (Å²) >= 11 is 0. The number of nitrogens with one attached hydrogen (secondary N) is 1. The molecule has 0 atom stereocenters. The Labute approximate surface area is 146 Å². The zero-order valence-electron chi connectivity index (χ0n) is 13.9. The molecule has 0 saturated carbocycles. The first kappa shape index (κ1) is 18.6. The highest BCUT2D eigenvalue weighted by molar-refractivity contribution is 7.92. The second-order valence-corrected chi connectivity index (χ2v) is 6.79. The standard InChI is InChI=1S/C17H19NO6S/c1-3-22-17(19)12-23-14-9-10-16(15(11-14)18-25(2,20)21)24-13-7-5-4-6-8-13/h4-11,18H,3,12H2,1-2H3. The number of benzene rings is 2. The van der Waals surface area contributed by atoms with Gasteiger partial charge >= 0.3 is 5.97 Å². The lowest BCUT2D eigenvalue weighted by atomic mass is 10.2. The molecule has 8 heteroatoms. The third-order valence-corrected chi connectivity index (χ3v) is 3.47. The fourth-order valence-electron chi connectivity index (χ4n) is 1.93. The Morgan fingerprint density at radius 2 is 1.80 bits per heavy atom. The number of ether oxygens (including phenoxy) is 3. The first-order valence-corrected chi connectivity index (χ1v) is 9.39. The predicted molar refractivity (Wildman–Crippen MR) is 93.6 cm³/mol. The zero-order valence-corrected chi connectivity index (χ0v) is 14.7. The van der Waals surface area contributed by atoms with Crippen molar-refractivity contribution in [3.05, 3.63) is 48.5 Å². The number of esters is 1. The molecule has 0 saturated heterocycles. The second-order valence-electron chi connectivity index (χ2n) is 5.04. The van der Waals surface area contributed by atoms with Gasteiger partial charge in [-0.15, -0.1) is 0 Å². The van der Waals surface area contributed by atoms with E-state index in [9.17, 15) is 13.2 Å². The first-order valence-electron chi connectivity index (χ1n) is 7.50. The van der Waals surface area contributed by atoms with E-state index < -0.39 is 16.0 Å². The Kier molecular flexibility index (Phi) is 6.24. The second kappa shape index (κ2) is 8.39. The van der Waals surface area contributed by atoms with E-state index in [1.807, 2.05) is 6.07 Å². The van der Waals surface area contributed by atoms with Crippen molar-refractivity contribution in [2.24, 2.45) is 0 Å². The molecule has 25 heavy (non-hydrogen) atoms. The minimum atomic E-state index is -3.53. The lowest BCUT2D eigenvalue weighted by Gasteiger charge is -2.14. The molecule has 0 heterocycles. The predicted octanol–water partition coefficient (Wildman–Crippen LogP) is 2.79. The van der Waals surface area contributed by atoms with Crippen LogP contribution in [0.1, 0.15) is 6.92 Å². The van der Waals surface area contributed by atoms with Gasteiger partial charge in [0.2, 0.25) is 10.0 Å². The van der Waals surface area contributed by atoms with Crippen molar-refractivity contribution >= 4 is 21.7 Å². The minimum absolute atomic E-state index is 0.202. The van der Waals surface area contributed by atoms with Gasteiger partial charge in [0.05, 0.1) is 18.6 Å². The molecule has 0 aliphatic heterocycles. The summed E-state index contributed by atoms with van der Waals surface area (Å²) in [5.41, 5.74) is 0.202. The van der Waals surface area contributed by atoms with Gasteiger partial charge in [0.15, 0.2) is 12.4 Å². The first-order chi connectivity index (χ1) is 11.9. The Hall–Kier alpha value is -2.74. The fourth-order valence-corrected chi connectivity index (χ4v) is 2.49. The summed E-state index contributed by atoms with van der Waals surface area (Å²) in [5.74, 6) is 0.656. The number of sulfonamides is 1. The van der Waals surface area contributed by atoms with Gasteiger partial charge in [-0.1, -0.05) is 18.2 Å². The molecular weight excluding hydrogens is 346 g/mol. The van der Waals surface area contributed by atoms with E-state index in [4.69, 9.17) is 14.2 Å². The molecule has 0 fully saturated rings. The average Bonchev–Trinajstić information content (AvgIpc) is 2.55. The summed E-state index contributed by atoms with van der Waals surface area (Å²) in [6.07, 6.45) is 1.03. The van der Waals surface area contributed by atoms with Gasteiger partial charge in [0.25, 0.3) is 0 Å². The van der Waals surface area contributed by atoms with E-state index in [2.05, 4.69) is 4.72 Å². The number of rotatable bonds is 8. The number of anilines is 1. The van der Waals surface area contributed by atoms with Crippen molar-refractivity contribution in [1.82, 2.24) is 0 Å². The molecule has 0 radical (unpaired) electrons. The number of hydrogen-bond donors (Lipinski definition) is 1. The number of hydrogen-bond acceptors (Lipinski definition) is 6. The van der Waals surface area contributed by atoms with Crippen LogP contribution in [0.15, 0.2) is 48.5 Å². The van der Waals surface area contributed by atoms with E-state index in [-0.39, 0.29) is 18.9 Å². The molecular formula is C17H19NO6S. The van der Waals surface area contributed by atoms with Crippen molar-refractivity contribution in [1.29, 1.82) is 0 Å². The van der Waals surface area contributed by atoms with Gasteiger partial charge in [-0.25, -0.2) is 13.2 Å². The normalized spacial score (nSPS) is 10.8. The van der Waals surface area contributed by atoms with E-state index in [0.29, 0.717) is 17.2 Å². The fraction of sp³-hybridized carbons (Fsp3) is 0.235. The summed E-state index contributed by atoms with van der Waals surface area (Å²) < 4.78 is 41.3. The van der Waals surface area contributed by atoms with Crippen LogP contribution in [-0.2, 0) is 19.6 Å². The van der Waals surface area contributed by atoms with Crippen LogP contribution >= 0.6 is 0 Å². The molecule has 0 aliphatic rings. The summed E-state index contributed by atoms with van der Waals surface area (Å²) in [6.45, 7) is 1.68. The largest absolute Gasteiger partial charge is 0.482 e. The number of carbonyl (C=O) groups is 1. The van der Waals surface area contributed by atoms with Gasteiger partial charge in [-0.2, -0.15) is 0 Å². The molecule has 2 aromatic rings. The maximum Gasteiger partial charge on any atom is 0.344 e. The molecule has 2 rings (SSSR count). The molecule has 0 amide bonds. The number of para-hydroxylation sites is 1. The quantitative estimate of drug-likeness (QED) is 0.724. The summed E-state index contributed by atoms with van der Waals surface area (Å²) in [5, 5.41) is 0. The zero-order chi connectivity index (χ0) is 18.3. The third-order valence-electron chi connectivity index (χ3n) is 2.88. The van der Waals surface area contributed by atoms with Crippen molar-refractivity contribution in [2.45, 2.75) is 6.92 Å². The Bertz CT molecular complexity index is 820. The van der Waals surface area contributed by atoms with Crippen LogP contribution in [-0.4, -0.2) is 33.9 Å². The van der Waals surface area contributed by atoms with Gasteiger partial charge in [0.1, 0.15) is 11.5 Å². The van der Waals surface area contributed by atoms with Crippen LogP contribution in [0.25, 0.3) is 0 Å². The minimum Gasteiger partial charge on any atom is -0.482 e. The van der Waals surface area contributed by atoms with Crippen molar-refractivity contribution in [3.8, 4) is 17.2 Å². The van der Waals surface area contributed by atoms with E-state index >= 15 is 0 Å². The van der Waals surface area contributed by atoms with Crippen LogP contribution < -0.4 is 14.2 Å². The van der Waals surface area contributed by atoms with Crippen LogP contribution in [0, 0.1) is 0 Å². The topological polar surface area (TPSA) is 90.9 Å². The van der Waals surface area contributed by atoms with Gasteiger partial charge in [0, 0.05) is 6.07 Å². The van der Waals surface area contributed by atoms with Crippen molar-refractivity contribution in [3.63, 3.8) is 0 Å². The van der Waals surface area contributed by atoms with Crippen LogP contribution in [0.4, 0.5) is 5.69 Å². The SMILES string of the molecule is CCOC(=O)COc1ccc(Oc2ccccc2)c(NS(C)(=O)=O)c1. The van der Waals surface area contributed by atoms with E-state index in [1.165, 1.54) is 6.07 Å². The summed E-state index contributed by atoms with van der Waals surface area (Å²) in [7, 11) is -3.53. The van der Waals surface area contributed by atoms with E-state index in [1.54, 1.807) is 43.3 Å². The molecule has 0 unspecified atom stereocenters. The molecule has 7 nitrogen and oxygen atoms in total. The third kappa shape index (κ3) is 6.34. The van der Waals surface area contributed by atoms with E-state index in [0.717, 1.165) is 6.26 Å². The van der Waals surface area contributed by atoms with Crippen molar-refractivity contribution < 1.29 is 27.4 Å². The summed E-state index contributed by atoms with van der Waals surface area (Å²) in [6, 6.07) is 13.5. The highest BCUT2D eigenvalue weighted by Gasteiger charge is 2.12. The lowest BCUT2D eigenvalue weighted by molar-refractivity contribution is -0.145. The molecule has 0 bridgehead atoms. The Morgan fingerprint density at radius 3 is 2.44 bits per heavy atom. The maximum atomic E-state index is 11.6. The molecule has 1 N–H and O–H groups in total. The smallest absolute Gasteiger partial charge is 0.344 e. The monoisotopic (exact) mass is 365 g/mol. The van der Waals surface area contributed by atoms with Gasteiger partial charge in [-0.05, 0) is 31.2 Å². The van der Waals surface area contributed by atoms with Crippen LogP contribution in [0.2, 0.25) is 0 Å². The van der Waals surface area contributed by atoms with Gasteiger partial charge in [-0.3, -0.25) is 4.72 Å². The van der Waals surface area contributed by atoms with Crippen LogP contribution in [0.5, 0.6) is 17.2 Å². The summed E-state index contributed by atoms with van der Waals surface area (Å²) in [4.78, 5) is 11.4. The highest BCUT2D eigenvalue weighted by Crippen LogP contribution is 2.33. The van der Waals surface area contributed by atoms with Crippen LogP contribution in [0.3, 0.4) is 0 Å². The Morgan fingerprint density at radius 1 is 1.08 bits per heavy atom. The molecule has 0 aromatic heterocycles. The number of carbonyl (C=O) groups excluding carboxylic acids is 1. The van der Waals surface area contributed by atoms with Gasteiger partial charge < -0.3 is 14.2 Å².